The smallest absolute Gasteiger partial charge is 0.0997 e. The Labute approximate surface area is 89.0 Å². The summed E-state index contributed by atoms with van der Waals surface area (Å²) in [5.74, 6) is 0. The van der Waals surface area contributed by atoms with E-state index >= 15 is 0 Å². The number of rotatable bonds is 7. The molecule has 0 aliphatic heterocycles. The highest BCUT2D eigenvalue weighted by Gasteiger charge is 2.10. The number of hydrogen-bond acceptors (Lipinski definition) is 4. The molecule has 0 saturated carbocycles. The van der Waals surface area contributed by atoms with Crippen molar-refractivity contribution in [2.75, 3.05) is 13.2 Å². The van der Waals surface area contributed by atoms with Crippen LogP contribution >= 0.6 is 0 Å². The summed E-state index contributed by atoms with van der Waals surface area (Å²) in [6, 6.07) is -0.384. The van der Waals surface area contributed by atoms with Crippen molar-refractivity contribution in [1.82, 2.24) is 15.0 Å². The molecular weight excluding hydrogens is 194 g/mol. The van der Waals surface area contributed by atoms with E-state index in [0.29, 0.717) is 0 Å². The van der Waals surface area contributed by atoms with Crippen LogP contribution in [-0.4, -0.2) is 38.4 Å². The van der Waals surface area contributed by atoms with Gasteiger partial charge in [-0.05, 0) is 19.3 Å². The monoisotopic (exact) mass is 211 g/mol. The third kappa shape index (κ3) is 3.45. The van der Waals surface area contributed by atoms with E-state index in [-0.39, 0.29) is 19.3 Å². The van der Waals surface area contributed by atoms with Crippen LogP contribution in [0.3, 0.4) is 0 Å². The maximum Gasteiger partial charge on any atom is 0.0997 e. The van der Waals surface area contributed by atoms with Gasteiger partial charge in [-0.25, -0.2) is 4.68 Å². The number of aryl methyl sites for hydroxylation is 1. The molecular formula is C10H17N3O2. The Morgan fingerprint density at radius 3 is 2.80 bits per heavy atom. The second-order valence-electron chi connectivity index (χ2n) is 3.39. The van der Waals surface area contributed by atoms with Crippen molar-refractivity contribution in [3.63, 3.8) is 0 Å². The van der Waals surface area contributed by atoms with E-state index in [1.807, 2.05) is 6.08 Å². The Bertz CT molecular complexity index is 295. The maximum absolute atomic E-state index is 8.94. The molecule has 5 heteroatoms. The van der Waals surface area contributed by atoms with Gasteiger partial charge < -0.3 is 10.2 Å². The quantitative estimate of drug-likeness (QED) is 0.503. The normalized spacial score (nSPS) is 10.9. The Morgan fingerprint density at radius 2 is 2.20 bits per heavy atom. The molecule has 5 nitrogen and oxygen atoms in total. The molecule has 0 amide bonds. The van der Waals surface area contributed by atoms with Crippen LogP contribution in [0.2, 0.25) is 0 Å². The first kappa shape index (κ1) is 11.9. The van der Waals surface area contributed by atoms with Crippen molar-refractivity contribution < 1.29 is 10.2 Å². The van der Waals surface area contributed by atoms with Crippen LogP contribution in [0.5, 0.6) is 0 Å². The molecule has 1 aromatic heterocycles. The molecule has 2 N–H and O–H groups in total. The van der Waals surface area contributed by atoms with Crippen LogP contribution in [0.25, 0.3) is 0 Å². The van der Waals surface area contributed by atoms with E-state index in [2.05, 4.69) is 16.9 Å². The minimum Gasteiger partial charge on any atom is -0.394 e. The first-order valence-electron chi connectivity index (χ1n) is 5.05. The topological polar surface area (TPSA) is 71.2 Å². The molecule has 84 valence electrons. The fourth-order valence-corrected chi connectivity index (χ4v) is 1.26. The molecule has 15 heavy (non-hydrogen) atoms. The van der Waals surface area contributed by atoms with Gasteiger partial charge in [0.25, 0.3) is 0 Å². The average molecular weight is 211 g/mol. The van der Waals surface area contributed by atoms with Crippen molar-refractivity contribution in [3.05, 3.63) is 24.5 Å². The molecule has 1 aromatic rings. The zero-order chi connectivity index (χ0) is 11.1. The van der Waals surface area contributed by atoms with Gasteiger partial charge >= 0.3 is 0 Å². The Hall–Kier alpha value is -1.20. The number of hydrogen-bond donors (Lipinski definition) is 2. The minimum absolute atomic E-state index is 0.133. The fourth-order valence-electron chi connectivity index (χ4n) is 1.26. The number of aromatic nitrogens is 3. The summed E-state index contributed by atoms with van der Waals surface area (Å²) in [7, 11) is 0. The summed E-state index contributed by atoms with van der Waals surface area (Å²) in [5, 5.41) is 25.7. The lowest BCUT2D eigenvalue weighted by Gasteiger charge is -2.09. The zero-order valence-electron chi connectivity index (χ0n) is 8.71. The SMILES string of the molecule is C=CCCCc1cn(C(CO)CO)nn1. The van der Waals surface area contributed by atoms with Gasteiger partial charge in [-0.15, -0.1) is 11.7 Å². The number of aliphatic hydroxyl groups is 2. The first-order valence-corrected chi connectivity index (χ1v) is 5.05. The fraction of sp³-hybridized carbons (Fsp3) is 0.600. The maximum atomic E-state index is 8.94. The predicted molar refractivity (Wildman–Crippen MR) is 56.4 cm³/mol. The highest BCUT2D eigenvalue weighted by Crippen LogP contribution is 2.06. The van der Waals surface area contributed by atoms with Gasteiger partial charge in [-0.1, -0.05) is 11.3 Å². The lowest BCUT2D eigenvalue weighted by molar-refractivity contribution is 0.145. The molecule has 0 aromatic carbocycles. The summed E-state index contributed by atoms with van der Waals surface area (Å²) in [6.07, 6.45) is 6.42. The highest BCUT2D eigenvalue weighted by atomic mass is 16.3. The van der Waals surface area contributed by atoms with Crippen LogP contribution in [0.4, 0.5) is 0 Å². The summed E-state index contributed by atoms with van der Waals surface area (Å²) < 4.78 is 1.50. The van der Waals surface area contributed by atoms with Gasteiger partial charge in [0.05, 0.1) is 24.9 Å². The van der Waals surface area contributed by atoms with Crippen molar-refractivity contribution in [2.24, 2.45) is 0 Å². The Kier molecular flexibility index (Phi) is 5.00. The summed E-state index contributed by atoms with van der Waals surface area (Å²) in [4.78, 5) is 0. The zero-order valence-corrected chi connectivity index (χ0v) is 8.71. The summed E-state index contributed by atoms with van der Waals surface area (Å²) in [6.45, 7) is 3.38. The molecule has 1 rings (SSSR count). The van der Waals surface area contributed by atoms with E-state index < -0.39 is 0 Å². The molecule has 0 aliphatic carbocycles. The van der Waals surface area contributed by atoms with Crippen LogP contribution in [-0.2, 0) is 6.42 Å². The van der Waals surface area contributed by atoms with Crippen LogP contribution in [0, 0.1) is 0 Å². The van der Waals surface area contributed by atoms with Gasteiger partial charge in [-0.2, -0.15) is 0 Å². The van der Waals surface area contributed by atoms with Gasteiger partial charge in [0.15, 0.2) is 0 Å². The van der Waals surface area contributed by atoms with Crippen LogP contribution in [0.1, 0.15) is 24.6 Å². The van der Waals surface area contributed by atoms with Gasteiger partial charge in [0.1, 0.15) is 0 Å². The summed E-state index contributed by atoms with van der Waals surface area (Å²) >= 11 is 0. The van der Waals surface area contributed by atoms with E-state index in [4.69, 9.17) is 10.2 Å². The second-order valence-corrected chi connectivity index (χ2v) is 3.39. The second kappa shape index (κ2) is 6.31. The highest BCUT2D eigenvalue weighted by molar-refractivity contribution is 4.94. The molecule has 1 heterocycles. The average Bonchev–Trinajstić information content (AvgIpc) is 2.69. The third-order valence-corrected chi connectivity index (χ3v) is 2.19. The third-order valence-electron chi connectivity index (χ3n) is 2.19. The van der Waals surface area contributed by atoms with Gasteiger partial charge in [0.2, 0.25) is 0 Å². The van der Waals surface area contributed by atoms with E-state index in [1.165, 1.54) is 4.68 Å². The molecule has 0 unspecified atom stereocenters. The molecule has 0 saturated heterocycles. The Balaban J connectivity index is 2.51. The minimum atomic E-state index is -0.384. The van der Waals surface area contributed by atoms with Gasteiger partial charge in [0, 0.05) is 6.20 Å². The number of allylic oxidation sites excluding steroid dienone is 1. The largest absolute Gasteiger partial charge is 0.394 e. The molecule has 0 radical (unpaired) electrons. The lowest BCUT2D eigenvalue weighted by Crippen LogP contribution is -2.17. The van der Waals surface area contributed by atoms with Crippen molar-refractivity contribution in [2.45, 2.75) is 25.3 Å². The molecule has 0 aliphatic rings. The standard InChI is InChI=1S/C10H17N3O2/c1-2-3-4-5-9-6-13(12-11-9)10(7-14)8-15/h2,6,10,14-15H,1,3-5,7-8H2. The van der Waals surface area contributed by atoms with Crippen LogP contribution in [0.15, 0.2) is 18.9 Å². The van der Waals surface area contributed by atoms with Gasteiger partial charge in [-0.3, -0.25) is 0 Å². The molecule has 0 spiro atoms. The first-order chi connectivity index (χ1) is 7.31. The Morgan fingerprint density at radius 1 is 1.47 bits per heavy atom. The van der Waals surface area contributed by atoms with E-state index in [0.717, 1.165) is 25.0 Å². The number of aliphatic hydroxyl groups excluding tert-OH is 2. The molecule has 0 bridgehead atoms. The molecule has 0 fully saturated rings. The van der Waals surface area contributed by atoms with Crippen molar-refractivity contribution >= 4 is 0 Å². The number of unbranched alkanes of at least 4 members (excludes halogenated alkanes) is 1. The van der Waals surface area contributed by atoms with E-state index in [9.17, 15) is 0 Å². The van der Waals surface area contributed by atoms with E-state index in [1.54, 1.807) is 6.20 Å². The molecule has 0 atom stereocenters. The predicted octanol–water partition coefficient (Wildman–Crippen LogP) is 0.312. The van der Waals surface area contributed by atoms with Crippen LogP contribution < -0.4 is 0 Å². The van der Waals surface area contributed by atoms with Crippen molar-refractivity contribution in [3.8, 4) is 0 Å². The lowest BCUT2D eigenvalue weighted by atomic mass is 10.2. The summed E-state index contributed by atoms with van der Waals surface area (Å²) in [5.41, 5.74) is 0.878. The van der Waals surface area contributed by atoms with Crippen molar-refractivity contribution in [1.29, 1.82) is 0 Å². The number of nitrogens with zero attached hydrogens (tertiary/aromatic N) is 3.